The van der Waals surface area contributed by atoms with E-state index >= 15 is 0 Å². The maximum Gasteiger partial charge on any atom is 0.347 e. The van der Waals surface area contributed by atoms with Crippen LogP contribution in [0.3, 0.4) is 0 Å². The molecular formula is C17H17FN4O5S. The fourth-order valence-corrected chi connectivity index (χ4v) is 2.71. The summed E-state index contributed by atoms with van der Waals surface area (Å²) >= 11 is 0.743. The molecule has 1 heterocycles. The summed E-state index contributed by atoms with van der Waals surface area (Å²) in [5.41, 5.74) is 4.90. The Morgan fingerprint density at radius 2 is 2.07 bits per heavy atom. The predicted molar refractivity (Wildman–Crippen MR) is 102 cm³/mol. The minimum atomic E-state index is -1.19. The van der Waals surface area contributed by atoms with E-state index in [1.807, 2.05) is 0 Å². The Bertz CT molecular complexity index is 957. The molecule has 0 spiro atoms. The van der Waals surface area contributed by atoms with Crippen molar-refractivity contribution in [3.8, 4) is 5.75 Å². The van der Waals surface area contributed by atoms with Gasteiger partial charge >= 0.3 is 5.97 Å². The number of nitrogens with zero attached hydrogens (tertiary/aromatic N) is 1. The number of nitrogens with one attached hydrogen (secondary N) is 2. The zero-order valence-corrected chi connectivity index (χ0v) is 15.5. The van der Waals surface area contributed by atoms with Crippen molar-refractivity contribution in [3.63, 3.8) is 0 Å². The molecule has 0 aliphatic carbocycles. The molecule has 0 amide bonds. The lowest BCUT2D eigenvalue weighted by Crippen LogP contribution is -2.11. The van der Waals surface area contributed by atoms with Gasteiger partial charge in [-0.25, -0.2) is 14.2 Å². The van der Waals surface area contributed by atoms with Crippen molar-refractivity contribution in [1.29, 1.82) is 10.8 Å². The van der Waals surface area contributed by atoms with Gasteiger partial charge in [0, 0.05) is 30.5 Å². The Morgan fingerprint density at radius 1 is 1.36 bits per heavy atom. The summed E-state index contributed by atoms with van der Waals surface area (Å²) in [7, 11) is 1.47. The van der Waals surface area contributed by atoms with Crippen LogP contribution in [0.5, 0.6) is 5.75 Å². The molecule has 28 heavy (non-hydrogen) atoms. The Kier molecular flexibility index (Phi) is 6.79. The number of hydrogen-bond donors (Lipinski definition) is 5. The van der Waals surface area contributed by atoms with Crippen LogP contribution in [0.2, 0.25) is 0 Å². The summed E-state index contributed by atoms with van der Waals surface area (Å²) in [6, 6.07) is 2.13. The third kappa shape index (κ3) is 4.90. The van der Waals surface area contributed by atoms with Crippen molar-refractivity contribution >= 4 is 34.4 Å². The van der Waals surface area contributed by atoms with Gasteiger partial charge in [-0.05, 0) is 6.07 Å². The number of nitrogens with two attached hydrogens (primary N) is 1. The van der Waals surface area contributed by atoms with Gasteiger partial charge in [-0.15, -0.1) is 11.3 Å². The maximum atomic E-state index is 14.2. The third-order valence-corrected chi connectivity index (χ3v) is 4.42. The topological polar surface area (TPSA) is 163 Å². The largest absolute Gasteiger partial charge is 0.506 e. The second-order valence-electron chi connectivity index (χ2n) is 5.36. The fourth-order valence-electron chi connectivity index (χ4n) is 2.04. The van der Waals surface area contributed by atoms with Gasteiger partial charge in [-0.2, -0.15) is 0 Å². The molecule has 1 aromatic heterocycles. The molecule has 0 fully saturated rings. The van der Waals surface area contributed by atoms with Gasteiger partial charge in [0.1, 0.15) is 28.0 Å². The number of benzene rings is 1. The van der Waals surface area contributed by atoms with Crippen molar-refractivity contribution in [2.75, 3.05) is 26.1 Å². The van der Waals surface area contributed by atoms with Crippen LogP contribution < -0.4 is 10.5 Å². The molecule has 0 radical (unpaired) electrons. The standard InChI is InChI=1S/C17H17FN4O5S/c1-26-2-3-27-13-6-10(19)8(4-9(13)18)15(21)12(23)5-11(20)16-22-7-14(28-16)17(24)25/h4-7,20-21,23H,2-3,19H2,1H3,(H,24,25)/b12-5-,20-11?,21-15?. The van der Waals surface area contributed by atoms with E-state index in [4.69, 9.17) is 31.1 Å². The quantitative estimate of drug-likeness (QED) is 0.184. The Hall–Kier alpha value is -3.31. The molecule has 148 valence electrons. The molecule has 2 rings (SSSR count). The van der Waals surface area contributed by atoms with Crippen molar-refractivity contribution in [2.24, 2.45) is 0 Å². The van der Waals surface area contributed by atoms with Crippen LogP contribution in [0.25, 0.3) is 0 Å². The number of halogens is 1. The number of aromatic carboxylic acids is 1. The monoisotopic (exact) mass is 408 g/mol. The number of nitrogen functional groups attached to an aromatic ring is 1. The second-order valence-corrected chi connectivity index (χ2v) is 6.39. The van der Waals surface area contributed by atoms with Crippen LogP contribution in [-0.4, -0.2) is 52.9 Å². The number of aromatic nitrogens is 1. The zero-order chi connectivity index (χ0) is 20.8. The number of hydrogen-bond acceptors (Lipinski definition) is 9. The molecule has 0 aliphatic rings. The number of carbonyl (C=O) groups is 1. The smallest absolute Gasteiger partial charge is 0.347 e. The number of allylic oxidation sites excluding steroid dienone is 2. The summed E-state index contributed by atoms with van der Waals surface area (Å²) in [5.74, 6) is -2.74. The molecule has 0 aliphatic heterocycles. The molecule has 11 heteroatoms. The number of rotatable bonds is 9. The van der Waals surface area contributed by atoms with E-state index in [1.54, 1.807) is 0 Å². The van der Waals surface area contributed by atoms with Crippen molar-refractivity contribution in [2.45, 2.75) is 0 Å². The molecule has 9 nitrogen and oxygen atoms in total. The van der Waals surface area contributed by atoms with Crippen LogP contribution in [-0.2, 0) is 4.74 Å². The van der Waals surface area contributed by atoms with Gasteiger partial charge < -0.3 is 25.4 Å². The van der Waals surface area contributed by atoms with Crippen LogP contribution in [0.15, 0.2) is 30.2 Å². The van der Waals surface area contributed by atoms with Gasteiger partial charge in [0.25, 0.3) is 0 Å². The molecule has 0 saturated heterocycles. The van der Waals surface area contributed by atoms with Crippen LogP contribution >= 0.6 is 11.3 Å². The molecular weight excluding hydrogens is 391 g/mol. The van der Waals surface area contributed by atoms with Gasteiger partial charge in [-0.3, -0.25) is 10.8 Å². The van der Waals surface area contributed by atoms with Crippen molar-refractivity contribution in [3.05, 3.63) is 51.4 Å². The summed E-state index contributed by atoms with van der Waals surface area (Å²) in [4.78, 5) is 14.6. The van der Waals surface area contributed by atoms with Crippen LogP contribution in [0, 0.1) is 16.6 Å². The fraction of sp³-hybridized carbons (Fsp3) is 0.176. The summed E-state index contributed by atoms with van der Waals surface area (Å²) < 4.78 is 24.1. The molecule has 2 aromatic rings. The van der Waals surface area contributed by atoms with Crippen LogP contribution in [0.4, 0.5) is 10.1 Å². The van der Waals surface area contributed by atoms with E-state index in [1.165, 1.54) is 13.2 Å². The number of ether oxygens (including phenoxy) is 2. The number of thiazole rings is 1. The first-order valence-corrected chi connectivity index (χ1v) is 8.55. The first kappa shape index (κ1) is 21.0. The van der Waals surface area contributed by atoms with Gasteiger partial charge in [0.15, 0.2) is 11.6 Å². The highest BCUT2D eigenvalue weighted by Crippen LogP contribution is 2.26. The SMILES string of the molecule is COCCOc1cc(N)c(C(=N)/C(O)=C/C(=N)c2ncc(C(=O)O)s2)cc1F. The number of carboxylic acids is 1. The first-order chi connectivity index (χ1) is 13.2. The van der Waals surface area contributed by atoms with Crippen LogP contribution in [0.1, 0.15) is 20.2 Å². The van der Waals surface area contributed by atoms with Gasteiger partial charge in [0.05, 0.1) is 18.5 Å². The van der Waals surface area contributed by atoms with Crippen molar-refractivity contribution in [1.82, 2.24) is 4.98 Å². The molecule has 0 unspecified atom stereocenters. The molecule has 1 aromatic carbocycles. The molecule has 6 N–H and O–H groups in total. The zero-order valence-electron chi connectivity index (χ0n) is 14.7. The average molecular weight is 408 g/mol. The second kappa shape index (κ2) is 9.06. The molecule has 0 bridgehead atoms. The number of methoxy groups -OCH3 is 1. The lowest BCUT2D eigenvalue weighted by Gasteiger charge is -2.12. The number of aliphatic hydroxyl groups excluding tert-OH is 1. The summed E-state index contributed by atoms with van der Waals surface area (Å²) in [5, 5.41) is 34.9. The lowest BCUT2D eigenvalue weighted by molar-refractivity contribution is 0.0702. The van der Waals surface area contributed by atoms with E-state index in [0.717, 1.165) is 29.7 Å². The minimum absolute atomic E-state index is 0.00675. The number of carboxylic acid groups (broad SMARTS) is 1. The Morgan fingerprint density at radius 3 is 2.68 bits per heavy atom. The Balaban J connectivity index is 2.21. The minimum Gasteiger partial charge on any atom is -0.506 e. The van der Waals surface area contributed by atoms with Gasteiger partial charge in [0.2, 0.25) is 0 Å². The lowest BCUT2D eigenvalue weighted by atomic mass is 10.0. The predicted octanol–water partition coefficient (Wildman–Crippen LogP) is 2.47. The highest BCUT2D eigenvalue weighted by Gasteiger charge is 2.17. The first-order valence-electron chi connectivity index (χ1n) is 7.73. The van der Waals surface area contributed by atoms with E-state index < -0.39 is 23.3 Å². The van der Waals surface area contributed by atoms with Gasteiger partial charge in [-0.1, -0.05) is 0 Å². The molecule has 0 atom stereocenters. The Labute approximate surface area is 162 Å². The highest BCUT2D eigenvalue weighted by molar-refractivity contribution is 7.15. The van der Waals surface area contributed by atoms with E-state index in [9.17, 15) is 14.3 Å². The van der Waals surface area contributed by atoms with E-state index in [2.05, 4.69) is 4.98 Å². The molecule has 0 saturated carbocycles. The number of anilines is 1. The third-order valence-electron chi connectivity index (χ3n) is 3.40. The average Bonchev–Trinajstić information content (AvgIpc) is 3.14. The van der Waals surface area contributed by atoms with Crippen molar-refractivity contribution < 1.29 is 28.9 Å². The highest BCUT2D eigenvalue weighted by atomic mass is 32.1. The van der Waals surface area contributed by atoms with E-state index in [-0.39, 0.29) is 45.8 Å². The summed E-state index contributed by atoms with van der Waals surface area (Å²) in [6.07, 6.45) is 2.00. The summed E-state index contributed by atoms with van der Waals surface area (Å²) in [6.45, 7) is 0.362. The maximum absolute atomic E-state index is 14.2. The normalized spacial score (nSPS) is 11.3. The van der Waals surface area contributed by atoms with E-state index in [0.29, 0.717) is 0 Å². The number of aliphatic hydroxyl groups is 1.